The number of benzene rings is 2. The van der Waals surface area contributed by atoms with Crippen LogP contribution in [0.25, 0.3) is 11.0 Å². The third kappa shape index (κ3) is 3.15. The molecule has 0 saturated heterocycles. The molecule has 0 radical (unpaired) electrons. The summed E-state index contributed by atoms with van der Waals surface area (Å²) in [5.41, 5.74) is 7.19. The number of aromatic nitrogens is 2. The van der Waals surface area contributed by atoms with E-state index in [1.165, 1.54) is 0 Å². The molecule has 0 spiro atoms. The number of carbonyl (C=O) groups excluding carboxylic acids is 1. The Kier molecular flexibility index (Phi) is 3.88. The zero-order chi connectivity index (χ0) is 15.5. The number of carbonyl (C=O) groups is 1. The van der Waals surface area contributed by atoms with E-state index >= 15 is 0 Å². The van der Waals surface area contributed by atoms with Crippen LogP contribution in [0.3, 0.4) is 0 Å². The minimum atomic E-state index is -1.17. The fraction of sp³-hybridized carbons (Fsp3) is 0.0667. The fourth-order valence-electron chi connectivity index (χ4n) is 2.06. The van der Waals surface area contributed by atoms with Crippen LogP contribution in [0.1, 0.15) is 5.56 Å². The molecule has 0 aliphatic rings. The molecule has 1 amide bonds. The van der Waals surface area contributed by atoms with Gasteiger partial charge in [-0.2, -0.15) is 4.98 Å². The predicted octanol–water partition coefficient (Wildman–Crippen LogP) is 2.33. The largest absolute Gasteiger partial charge is 0.412 e. The number of H-pyrrole nitrogens is 1. The summed E-state index contributed by atoms with van der Waals surface area (Å²) in [5.74, 6) is 0.436. The molecule has 3 rings (SSSR count). The summed E-state index contributed by atoms with van der Waals surface area (Å²) in [5, 5.41) is 0. The highest BCUT2D eigenvalue weighted by Gasteiger charge is 2.10. The molecular weight excluding hydrogens is 302 g/mol. The number of nitrogens with two attached hydrogens (primary N) is 1. The van der Waals surface area contributed by atoms with E-state index in [0.29, 0.717) is 21.7 Å². The average Bonchev–Trinajstić information content (AvgIpc) is 2.88. The minimum absolute atomic E-state index is 0.0218. The number of amides is 1. The zero-order valence-corrected chi connectivity index (χ0v) is 12.3. The number of imidazole rings is 1. The van der Waals surface area contributed by atoms with Crippen molar-refractivity contribution in [1.82, 2.24) is 9.97 Å². The molecule has 3 aromatic rings. The van der Waals surface area contributed by atoms with Crippen LogP contribution in [0.5, 0.6) is 6.01 Å². The Labute approximate surface area is 128 Å². The fourth-order valence-corrected chi connectivity index (χ4v) is 3.19. The first-order chi connectivity index (χ1) is 10.6. The van der Waals surface area contributed by atoms with Crippen molar-refractivity contribution < 1.29 is 13.7 Å². The lowest BCUT2D eigenvalue weighted by Gasteiger charge is -2.02. The lowest BCUT2D eigenvalue weighted by molar-refractivity contribution is 0.207. The Morgan fingerprint density at radius 3 is 2.73 bits per heavy atom. The standard InChI is InChI=1S/C15H13N3O3S/c16-14(19)21-15-17-12-7-6-11(8-13(12)18-15)22(20)9-10-4-2-1-3-5-10/h1-8H,9H2,(H2,16,19)(H,17,18). The molecule has 6 nitrogen and oxygen atoms in total. The Balaban J connectivity index is 1.84. The van der Waals surface area contributed by atoms with Gasteiger partial charge in [-0.05, 0) is 23.8 Å². The molecule has 0 bridgehead atoms. The number of hydrogen-bond donors (Lipinski definition) is 2. The van der Waals surface area contributed by atoms with Gasteiger partial charge in [0, 0.05) is 4.90 Å². The second-order valence-corrected chi connectivity index (χ2v) is 6.07. The molecule has 0 aliphatic heterocycles. The molecule has 1 unspecified atom stereocenters. The Bertz CT molecular complexity index is 846. The number of nitrogens with one attached hydrogen (secondary N) is 1. The number of primary amides is 1. The van der Waals surface area contributed by atoms with E-state index in [0.717, 1.165) is 5.56 Å². The number of rotatable bonds is 4. The molecule has 112 valence electrons. The highest BCUT2D eigenvalue weighted by atomic mass is 32.2. The summed E-state index contributed by atoms with van der Waals surface area (Å²) < 4.78 is 17.1. The molecular formula is C15H13N3O3S. The summed E-state index contributed by atoms with van der Waals surface area (Å²) in [6, 6.07) is 14.8. The van der Waals surface area contributed by atoms with E-state index in [-0.39, 0.29) is 6.01 Å². The van der Waals surface area contributed by atoms with Crippen molar-refractivity contribution in [2.45, 2.75) is 10.6 Å². The second kappa shape index (κ2) is 5.98. The number of ether oxygens (including phenoxy) is 1. The van der Waals surface area contributed by atoms with Gasteiger partial charge < -0.3 is 15.5 Å². The second-order valence-electron chi connectivity index (χ2n) is 4.62. The molecule has 0 saturated carbocycles. The summed E-state index contributed by atoms with van der Waals surface area (Å²) in [6.45, 7) is 0. The maximum atomic E-state index is 12.4. The van der Waals surface area contributed by atoms with Crippen LogP contribution < -0.4 is 10.5 Å². The lowest BCUT2D eigenvalue weighted by Crippen LogP contribution is -2.16. The van der Waals surface area contributed by atoms with Crippen LogP contribution in [-0.2, 0) is 16.6 Å². The average molecular weight is 315 g/mol. The van der Waals surface area contributed by atoms with Gasteiger partial charge in [-0.3, -0.25) is 4.21 Å². The van der Waals surface area contributed by atoms with E-state index in [9.17, 15) is 9.00 Å². The number of nitrogens with zero attached hydrogens (tertiary/aromatic N) is 1. The lowest BCUT2D eigenvalue weighted by atomic mass is 10.2. The van der Waals surface area contributed by atoms with E-state index in [4.69, 9.17) is 10.5 Å². The quantitative estimate of drug-likeness (QED) is 0.772. The third-order valence-corrected chi connectivity index (χ3v) is 4.41. The smallest absolute Gasteiger partial charge is 0.376 e. The van der Waals surface area contributed by atoms with Gasteiger partial charge in [-0.25, -0.2) is 4.79 Å². The van der Waals surface area contributed by atoms with Gasteiger partial charge in [0.25, 0.3) is 0 Å². The SMILES string of the molecule is NC(=O)Oc1nc2ccc(S(=O)Cc3ccccc3)cc2[nH]1. The molecule has 1 heterocycles. The first kappa shape index (κ1) is 14.3. The van der Waals surface area contributed by atoms with Gasteiger partial charge in [-0.1, -0.05) is 30.3 Å². The van der Waals surface area contributed by atoms with Gasteiger partial charge >= 0.3 is 12.1 Å². The van der Waals surface area contributed by atoms with Crippen molar-refractivity contribution in [2.24, 2.45) is 5.73 Å². The third-order valence-electron chi connectivity index (χ3n) is 3.03. The first-order valence-corrected chi connectivity index (χ1v) is 7.83. The molecule has 1 aromatic heterocycles. The van der Waals surface area contributed by atoms with Crippen molar-refractivity contribution >= 4 is 27.9 Å². The zero-order valence-electron chi connectivity index (χ0n) is 11.5. The van der Waals surface area contributed by atoms with Crippen molar-refractivity contribution in [3.05, 3.63) is 54.1 Å². The molecule has 0 fully saturated rings. The van der Waals surface area contributed by atoms with Crippen molar-refractivity contribution in [3.63, 3.8) is 0 Å². The summed E-state index contributed by atoms with van der Waals surface area (Å²) in [4.78, 5) is 18.3. The molecule has 22 heavy (non-hydrogen) atoms. The monoisotopic (exact) mass is 315 g/mol. The number of aromatic amines is 1. The Hall–Kier alpha value is -2.67. The van der Waals surface area contributed by atoms with Gasteiger partial charge in [0.1, 0.15) is 0 Å². The van der Waals surface area contributed by atoms with Crippen molar-refractivity contribution in [2.75, 3.05) is 0 Å². The van der Waals surface area contributed by atoms with Crippen LogP contribution in [0.15, 0.2) is 53.4 Å². The highest BCUT2D eigenvalue weighted by Crippen LogP contribution is 2.20. The van der Waals surface area contributed by atoms with Crippen LogP contribution in [-0.4, -0.2) is 20.3 Å². The molecule has 3 N–H and O–H groups in total. The molecule has 7 heteroatoms. The Morgan fingerprint density at radius 2 is 2.00 bits per heavy atom. The van der Waals surface area contributed by atoms with E-state index < -0.39 is 16.9 Å². The number of hydrogen-bond acceptors (Lipinski definition) is 4. The molecule has 1 atom stereocenters. The molecule has 0 aliphatic carbocycles. The van der Waals surface area contributed by atoms with Crippen molar-refractivity contribution in [3.8, 4) is 6.01 Å². The normalized spacial score (nSPS) is 12.2. The van der Waals surface area contributed by atoms with Crippen LogP contribution in [0.4, 0.5) is 4.79 Å². The Morgan fingerprint density at radius 1 is 1.23 bits per heavy atom. The van der Waals surface area contributed by atoms with Gasteiger partial charge in [0.15, 0.2) is 0 Å². The topological polar surface area (TPSA) is 98.1 Å². The minimum Gasteiger partial charge on any atom is -0.376 e. The predicted molar refractivity (Wildman–Crippen MR) is 82.9 cm³/mol. The van der Waals surface area contributed by atoms with Gasteiger partial charge in [0.2, 0.25) is 0 Å². The van der Waals surface area contributed by atoms with Crippen LogP contribution >= 0.6 is 0 Å². The first-order valence-electron chi connectivity index (χ1n) is 6.51. The van der Waals surface area contributed by atoms with Crippen LogP contribution in [0.2, 0.25) is 0 Å². The summed E-state index contributed by atoms with van der Waals surface area (Å²) >= 11 is 0. The van der Waals surface area contributed by atoms with E-state index in [1.807, 2.05) is 30.3 Å². The van der Waals surface area contributed by atoms with E-state index in [1.54, 1.807) is 18.2 Å². The van der Waals surface area contributed by atoms with Gasteiger partial charge in [0.05, 0.1) is 27.6 Å². The maximum absolute atomic E-state index is 12.4. The van der Waals surface area contributed by atoms with Crippen LogP contribution in [0, 0.1) is 0 Å². The summed E-state index contributed by atoms with van der Waals surface area (Å²) in [7, 11) is -1.17. The molecule has 2 aromatic carbocycles. The maximum Gasteiger partial charge on any atom is 0.412 e. The van der Waals surface area contributed by atoms with E-state index in [2.05, 4.69) is 9.97 Å². The highest BCUT2D eigenvalue weighted by molar-refractivity contribution is 7.84. The van der Waals surface area contributed by atoms with Crippen molar-refractivity contribution in [1.29, 1.82) is 0 Å². The van der Waals surface area contributed by atoms with Gasteiger partial charge in [-0.15, -0.1) is 0 Å². The number of fused-ring (bicyclic) bond motifs is 1. The summed E-state index contributed by atoms with van der Waals surface area (Å²) in [6.07, 6.45) is -0.938.